The average molecular weight is 1140 g/mol. The Kier molecular flexibility index (Phi) is 20.0. The molecule has 3 aromatic rings. The summed E-state index contributed by atoms with van der Waals surface area (Å²) in [5.41, 5.74) is 1.59. The van der Waals surface area contributed by atoms with Gasteiger partial charge in [0.1, 0.15) is 42.2 Å². The lowest BCUT2D eigenvalue weighted by Crippen LogP contribution is -2.56. The number of amides is 7. The Hall–Kier alpha value is -8.10. The number of carbonyl (C=O) groups excluding carboxylic acids is 10. The van der Waals surface area contributed by atoms with E-state index < -0.39 is 126 Å². The number of fused-ring (bicyclic) bond motifs is 3. The smallest absolute Gasteiger partial charge is 0.407 e. The fourth-order valence-corrected chi connectivity index (χ4v) is 10.6. The number of urea groups is 1. The number of aliphatic hydroxyl groups excluding tert-OH is 2. The number of nitrogens with zero attached hydrogens (tertiary/aromatic N) is 1. The van der Waals surface area contributed by atoms with Gasteiger partial charge in [-0.3, -0.25) is 43.3 Å². The van der Waals surface area contributed by atoms with Crippen LogP contribution in [-0.2, 0) is 56.0 Å². The summed E-state index contributed by atoms with van der Waals surface area (Å²) in [5, 5.41) is 66.9. The van der Waals surface area contributed by atoms with Gasteiger partial charge in [0.25, 0.3) is 11.8 Å². The number of aliphatic hydroxyl groups is 3. The predicted octanol–water partition coefficient (Wildman–Crippen LogP) is 2.56. The average Bonchev–Trinajstić information content (AvgIpc) is 1.70. The number of nitrogens with two attached hydrogens (primary N) is 1. The van der Waals surface area contributed by atoms with Gasteiger partial charge in [-0.15, -0.1) is 0 Å². The highest BCUT2D eigenvalue weighted by Crippen LogP contribution is 2.52. The minimum atomic E-state index is -2.42. The number of phenolic OH excluding ortho intramolecular Hbond substituents is 2. The SMILES string of the molecule is COc1cccc2c1C(=O)c1c(O)c3c(c(O)c1C2=O)C[C@@](O)(C(=O)CO)C[C@@H]3O[C@@H]1C[C@H](NC(=O)OCc2ccc(NC(=O)[C@H](CCCNC(N)=O)CC(=O)[C@@H](NC(=O)CCCCCN3C(=O)C=CC3=O)C(C)C)cc2)[C@@H](O)[C@H](C)O1. The summed E-state index contributed by atoms with van der Waals surface area (Å²) in [6, 6.07) is 7.66. The van der Waals surface area contributed by atoms with Crippen molar-refractivity contribution in [2.24, 2.45) is 17.6 Å². The number of ketones is 4. The van der Waals surface area contributed by atoms with Crippen LogP contribution in [0.1, 0.15) is 133 Å². The lowest BCUT2D eigenvalue weighted by molar-refractivity contribution is -0.249. The van der Waals surface area contributed by atoms with Crippen LogP contribution in [0.2, 0.25) is 0 Å². The molecule has 0 radical (unpaired) electrons. The van der Waals surface area contributed by atoms with E-state index in [1.54, 1.807) is 26.0 Å². The van der Waals surface area contributed by atoms with Crippen LogP contribution >= 0.6 is 0 Å². The number of methoxy groups -OCH3 is 1. The quantitative estimate of drug-likeness (QED) is 0.0259. The molecule has 8 atom stereocenters. The number of carbonyl (C=O) groups is 10. The van der Waals surface area contributed by atoms with Gasteiger partial charge in [0.05, 0.1) is 48.1 Å². The Labute approximate surface area is 470 Å². The van der Waals surface area contributed by atoms with E-state index in [0.29, 0.717) is 30.5 Å². The second-order valence-electron chi connectivity index (χ2n) is 21.1. The highest BCUT2D eigenvalue weighted by atomic mass is 16.7. The minimum Gasteiger partial charge on any atom is -0.507 e. The number of phenols is 2. The molecule has 0 unspecified atom stereocenters. The number of imide groups is 1. The van der Waals surface area contributed by atoms with Gasteiger partial charge in [0.2, 0.25) is 17.6 Å². The third-order valence-electron chi connectivity index (χ3n) is 15.0. The number of Topliss-reactive ketones (excluding diaryl/α,β-unsaturated/α-hetero) is 2. The first kappa shape index (κ1) is 61.5. The van der Waals surface area contributed by atoms with Crippen molar-refractivity contribution in [2.45, 2.75) is 134 Å². The number of rotatable bonds is 25. The highest BCUT2D eigenvalue weighted by molar-refractivity contribution is 6.31. The molecule has 1 fully saturated rings. The number of primary amides is 1. The predicted molar refractivity (Wildman–Crippen MR) is 287 cm³/mol. The van der Waals surface area contributed by atoms with Crippen LogP contribution in [0.4, 0.5) is 15.3 Å². The van der Waals surface area contributed by atoms with Crippen molar-refractivity contribution in [3.05, 3.63) is 93.6 Å². The van der Waals surface area contributed by atoms with Crippen molar-refractivity contribution in [3.8, 4) is 17.2 Å². The maximum Gasteiger partial charge on any atom is 0.407 e. The molecule has 82 heavy (non-hydrogen) atoms. The van der Waals surface area contributed by atoms with E-state index in [-0.39, 0.29) is 109 Å². The Morgan fingerprint density at radius 1 is 0.902 bits per heavy atom. The molecule has 2 heterocycles. The van der Waals surface area contributed by atoms with Crippen LogP contribution in [0, 0.1) is 11.8 Å². The van der Waals surface area contributed by atoms with Crippen LogP contribution in [-0.4, -0.2) is 152 Å². The molecule has 0 bridgehead atoms. The molecule has 0 aromatic heterocycles. The summed E-state index contributed by atoms with van der Waals surface area (Å²) in [7, 11) is 1.28. The third kappa shape index (κ3) is 14.0. The van der Waals surface area contributed by atoms with Gasteiger partial charge >= 0.3 is 12.1 Å². The van der Waals surface area contributed by atoms with Crippen molar-refractivity contribution < 1.29 is 92.4 Å². The van der Waals surface area contributed by atoms with Crippen molar-refractivity contribution in [1.29, 1.82) is 0 Å². The highest BCUT2D eigenvalue weighted by Gasteiger charge is 2.50. The molecule has 4 aliphatic rings. The van der Waals surface area contributed by atoms with E-state index in [4.69, 9.17) is 24.7 Å². The van der Waals surface area contributed by atoms with Gasteiger partial charge < -0.3 is 71.5 Å². The molecular formula is C57H68N6O19. The minimum absolute atomic E-state index is 0.0210. The number of nitrogens with one attached hydrogen (secondary N) is 4. The number of unbranched alkanes of at least 4 members (excludes halogenated alkanes) is 2. The Morgan fingerprint density at radius 3 is 2.26 bits per heavy atom. The normalized spacial score (nSPS) is 21.7. The summed E-state index contributed by atoms with van der Waals surface area (Å²) in [4.78, 5) is 131. The zero-order chi connectivity index (χ0) is 59.7. The summed E-state index contributed by atoms with van der Waals surface area (Å²) in [6.45, 7) is 3.93. The van der Waals surface area contributed by atoms with E-state index in [2.05, 4.69) is 21.3 Å². The molecular weight excluding hydrogens is 1070 g/mol. The first-order valence-electron chi connectivity index (χ1n) is 26.9. The van der Waals surface area contributed by atoms with Gasteiger partial charge in [0, 0.05) is 85.6 Å². The van der Waals surface area contributed by atoms with E-state index in [9.17, 15) is 73.5 Å². The third-order valence-corrected chi connectivity index (χ3v) is 15.0. The number of anilines is 1. The van der Waals surface area contributed by atoms with Crippen LogP contribution in [0.3, 0.4) is 0 Å². The van der Waals surface area contributed by atoms with Gasteiger partial charge in [-0.25, -0.2) is 9.59 Å². The lowest BCUT2D eigenvalue weighted by atomic mass is 9.72. The van der Waals surface area contributed by atoms with E-state index in [1.807, 2.05) is 0 Å². The first-order valence-corrected chi connectivity index (χ1v) is 26.9. The molecule has 1 saturated heterocycles. The summed E-state index contributed by atoms with van der Waals surface area (Å²) >= 11 is 0. The zero-order valence-corrected chi connectivity index (χ0v) is 45.7. The number of benzene rings is 3. The molecule has 3 aromatic carbocycles. The molecule has 2 aliphatic carbocycles. The van der Waals surface area contributed by atoms with Gasteiger partial charge in [-0.05, 0) is 62.3 Å². The van der Waals surface area contributed by atoms with Gasteiger partial charge in [0.15, 0.2) is 23.6 Å². The van der Waals surface area contributed by atoms with E-state index in [1.165, 1.54) is 56.5 Å². The van der Waals surface area contributed by atoms with E-state index in [0.717, 1.165) is 4.90 Å². The number of alkyl carbamates (subject to hydrolysis) is 1. The summed E-state index contributed by atoms with van der Waals surface area (Å²) in [5.74, 6) is -7.62. The van der Waals surface area contributed by atoms with Crippen LogP contribution < -0.4 is 31.7 Å². The molecule has 0 spiro atoms. The lowest BCUT2D eigenvalue weighted by Gasteiger charge is -2.42. The molecule has 25 nitrogen and oxygen atoms in total. The van der Waals surface area contributed by atoms with Gasteiger partial charge in [-0.1, -0.05) is 44.5 Å². The monoisotopic (exact) mass is 1140 g/mol. The fraction of sp³-hybridized carbons (Fsp3) is 0.474. The van der Waals surface area contributed by atoms with Crippen molar-refractivity contribution in [3.63, 3.8) is 0 Å². The maximum atomic E-state index is 14.1. The van der Waals surface area contributed by atoms with Gasteiger partial charge in [-0.2, -0.15) is 0 Å². The molecule has 11 N–H and O–H groups in total. The molecule has 0 saturated carbocycles. The largest absolute Gasteiger partial charge is 0.507 e. The molecule has 440 valence electrons. The molecule has 2 aliphatic heterocycles. The van der Waals surface area contributed by atoms with Crippen LogP contribution in [0.15, 0.2) is 54.6 Å². The van der Waals surface area contributed by atoms with Crippen molar-refractivity contribution in [2.75, 3.05) is 32.1 Å². The van der Waals surface area contributed by atoms with Crippen LogP contribution in [0.25, 0.3) is 0 Å². The van der Waals surface area contributed by atoms with E-state index >= 15 is 0 Å². The number of ether oxygens (including phenoxy) is 4. The van der Waals surface area contributed by atoms with Crippen molar-refractivity contribution >= 4 is 64.6 Å². The maximum absolute atomic E-state index is 14.1. The topological polar surface area (TPSA) is 386 Å². The fourth-order valence-electron chi connectivity index (χ4n) is 10.6. The van der Waals surface area contributed by atoms with Crippen molar-refractivity contribution in [1.82, 2.24) is 20.9 Å². The van der Waals surface area contributed by atoms with Crippen LogP contribution in [0.5, 0.6) is 17.2 Å². The molecule has 7 amide bonds. The zero-order valence-electron chi connectivity index (χ0n) is 45.7. The molecule has 25 heteroatoms. The summed E-state index contributed by atoms with van der Waals surface area (Å²) in [6.07, 6.45) is -3.69. The number of hydrogen-bond donors (Lipinski definition) is 10. The number of hydrogen-bond acceptors (Lipinski definition) is 19. The standard InChI is InChI=1S/C57H68N6O19/c1-28(2)48(62-40(67)13-6-5-7-21-63-41(68)18-19-42(63)69)36(65)22-31(10-9-20-59-55(58)76)54(75)60-32-16-14-30(15-17-32)27-80-56(77)61-35-23-43(81-29(3)49(35)70)82-38-25-57(78,39(66)26-64)24-34-45(38)53(74)47-46(51(34)72)50(71)33-11-8-12-37(79-4)44(33)52(47)73/h8,11-12,14-19,28-29,31,35,38,43,48-49,64,70,72,74,78H,5-7,9-10,13,20-27H2,1-4H3,(H,60,75)(H,61,77)(H,62,67)(H3,58,59,76)/t29-,31+,35-,38-,43+,48-,49-,57-/m0/s1. The Balaban J connectivity index is 0.959. The second-order valence-corrected chi connectivity index (χ2v) is 21.1. The Morgan fingerprint density at radius 2 is 1.60 bits per heavy atom. The molecule has 7 rings (SSSR count). The summed E-state index contributed by atoms with van der Waals surface area (Å²) < 4.78 is 23.0. The number of aromatic hydroxyl groups is 2. The first-order chi connectivity index (χ1) is 39.0. The second kappa shape index (κ2) is 26.7. The Bertz CT molecular complexity index is 3020.